The Balaban J connectivity index is 0.685. The summed E-state index contributed by atoms with van der Waals surface area (Å²) >= 11 is 0. The van der Waals surface area contributed by atoms with Crippen LogP contribution >= 0.6 is 0 Å². The Hall–Kier alpha value is -12.0. The van der Waals surface area contributed by atoms with Crippen molar-refractivity contribution in [3.63, 3.8) is 0 Å². The molecule has 17 rings (SSSR count). The number of aryl methyl sites for hydroxylation is 1. The lowest BCUT2D eigenvalue weighted by Crippen LogP contribution is -2.29. The number of hydrogen-bond donors (Lipinski definition) is 0. The fraction of sp³-hybridized carbons (Fsp3) is 0.0286. The van der Waals surface area contributed by atoms with Crippen molar-refractivity contribution in [3.8, 4) is 33.7 Å². The molecular weight excluding hydrogens is 1080 g/mol. The van der Waals surface area contributed by atoms with Crippen molar-refractivity contribution in [3.05, 3.63) is 239 Å². The molecule has 406 valence electrons. The second kappa shape index (κ2) is 17.5. The van der Waals surface area contributed by atoms with E-state index in [4.69, 9.17) is 4.42 Å². The summed E-state index contributed by atoms with van der Waals surface area (Å²) in [4.78, 5) is 120. The highest BCUT2D eigenvalue weighted by atomic mass is 16.4. The highest BCUT2D eigenvalue weighted by molar-refractivity contribution is 6.41. The molecule has 0 atom stereocenters. The number of carbonyl (C=O) groups is 8. The third-order valence-corrected chi connectivity index (χ3v) is 17.3. The van der Waals surface area contributed by atoms with Crippen molar-refractivity contribution in [2.75, 3.05) is 19.6 Å². The molecule has 0 aliphatic carbocycles. The molecule has 6 heterocycles. The lowest BCUT2D eigenvalue weighted by Gasteiger charge is -2.22. The maximum Gasteiger partial charge on any atom is 0.332 e. The maximum absolute atomic E-state index is 14.8. The average molecular weight is 1120 g/mol. The quantitative estimate of drug-likeness (QED) is 0.104. The van der Waals surface area contributed by atoms with Crippen LogP contribution in [0.5, 0.6) is 0 Å². The summed E-state index contributed by atoms with van der Waals surface area (Å²) in [6, 6.07) is 56.2. The lowest BCUT2D eigenvalue weighted by molar-refractivity contribution is 0.0904. The standard InChI is InChI=1S/C70H37N7O9/c1-2-73-53-17-7-6-12-43(53)50-34-40(24-31-54(50)73)74-64(80)48-15-8-13-41(59(48)68(74)84)38-20-25-44-51(32-38)66(82)75(62(44)78)55-29-22-35-19-28-47-56(30-23-36-18-27-46(55)57(35)58(36)47)76-63(79)45-26-21-39(33-52(45)67(76)83)42-14-9-16-49-60(42)69(85)77(65(49)81)70-72-71-61(86-70)37-10-4-3-5-11-37/h3-34H,2H2,1H3. The van der Waals surface area contributed by atoms with E-state index in [-0.39, 0.29) is 56.4 Å². The Labute approximate surface area is 485 Å². The Bertz CT molecular complexity index is 5390. The summed E-state index contributed by atoms with van der Waals surface area (Å²) < 4.78 is 8.01. The molecule has 11 aromatic carbocycles. The van der Waals surface area contributed by atoms with Crippen LogP contribution in [0.15, 0.2) is 199 Å². The molecule has 0 unspecified atom stereocenters. The van der Waals surface area contributed by atoms with E-state index in [0.717, 1.165) is 53.8 Å². The maximum atomic E-state index is 14.8. The van der Waals surface area contributed by atoms with Gasteiger partial charge in [-0.25, -0.2) is 14.7 Å². The molecule has 86 heavy (non-hydrogen) atoms. The molecule has 0 saturated heterocycles. The van der Waals surface area contributed by atoms with Crippen LogP contribution in [0.2, 0.25) is 0 Å². The molecule has 16 nitrogen and oxygen atoms in total. The lowest BCUT2D eigenvalue weighted by atomic mass is 9.92. The third kappa shape index (κ3) is 6.45. The zero-order valence-electron chi connectivity index (χ0n) is 45.0. The molecule has 4 aliphatic heterocycles. The topological polar surface area (TPSA) is 193 Å². The Kier molecular flexibility index (Phi) is 9.90. The van der Waals surface area contributed by atoms with Gasteiger partial charge in [0.25, 0.3) is 47.3 Å². The molecule has 0 radical (unpaired) electrons. The minimum Gasteiger partial charge on any atom is -0.403 e. The van der Waals surface area contributed by atoms with Crippen LogP contribution in [0.1, 0.15) is 89.8 Å². The van der Waals surface area contributed by atoms with Gasteiger partial charge < -0.3 is 8.98 Å². The predicted molar refractivity (Wildman–Crippen MR) is 323 cm³/mol. The summed E-state index contributed by atoms with van der Waals surface area (Å²) in [7, 11) is 0. The number of nitrogens with zero attached hydrogens (tertiary/aromatic N) is 7. The number of aromatic nitrogens is 3. The Morgan fingerprint density at radius 2 is 0.849 bits per heavy atom. The van der Waals surface area contributed by atoms with Crippen molar-refractivity contribution in [2.45, 2.75) is 13.5 Å². The van der Waals surface area contributed by atoms with Crippen molar-refractivity contribution in [2.24, 2.45) is 0 Å². The Morgan fingerprint density at radius 3 is 1.44 bits per heavy atom. The molecule has 0 bridgehead atoms. The molecule has 13 aromatic rings. The third-order valence-electron chi connectivity index (χ3n) is 17.3. The van der Waals surface area contributed by atoms with E-state index in [0.29, 0.717) is 66.4 Å². The minimum absolute atomic E-state index is 0.0728. The van der Waals surface area contributed by atoms with Crippen molar-refractivity contribution < 1.29 is 42.8 Å². The zero-order valence-corrected chi connectivity index (χ0v) is 45.0. The second-order valence-electron chi connectivity index (χ2n) is 21.6. The number of anilines is 4. The molecule has 0 N–H and O–H groups in total. The van der Waals surface area contributed by atoms with Crippen molar-refractivity contribution in [1.29, 1.82) is 0 Å². The summed E-state index contributed by atoms with van der Waals surface area (Å²) in [6.45, 7) is 2.81. The number of rotatable bonds is 8. The average Bonchev–Trinajstić information content (AvgIpc) is 1.43. The van der Waals surface area contributed by atoms with Gasteiger partial charge in [-0.3, -0.25) is 38.4 Å². The van der Waals surface area contributed by atoms with Gasteiger partial charge in [-0.1, -0.05) is 114 Å². The van der Waals surface area contributed by atoms with E-state index in [9.17, 15) is 38.4 Å². The Morgan fingerprint density at radius 1 is 0.349 bits per heavy atom. The summed E-state index contributed by atoms with van der Waals surface area (Å²) in [5.74, 6) is -4.50. The second-order valence-corrected chi connectivity index (χ2v) is 21.6. The molecule has 0 spiro atoms. The van der Waals surface area contributed by atoms with Crippen LogP contribution in [-0.2, 0) is 6.54 Å². The van der Waals surface area contributed by atoms with Crippen LogP contribution in [0.25, 0.3) is 87.8 Å². The number of benzene rings is 11. The van der Waals surface area contributed by atoms with Gasteiger partial charge in [0.15, 0.2) is 0 Å². The molecule has 4 aliphatic rings. The van der Waals surface area contributed by atoms with Gasteiger partial charge >= 0.3 is 6.01 Å². The van der Waals surface area contributed by atoms with Gasteiger partial charge in [0.05, 0.1) is 61.6 Å². The SMILES string of the molecule is CCn1c2ccccc2c2cc(N3C(=O)c4cccc(-c5ccc6c(c5)C(=O)N(c5ccc7ccc8c(N9C(=O)c%10ccc(-c%11cccc%12c%11C(=O)N(c%11nnc(-c%13ccccc%13)o%11)C%12=O)cc%10C9=O)ccc9ccc5c7c98)C6=O)c4C3=O)ccc21. The number of amides is 8. The predicted octanol–water partition coefficient (Wildman–Crippen LogP) is 13.3. The first-order chi connectivity index (χ1) is 42.0. The highest BCUT2D eigenvalue weighted by Gasteiger charge is 2.45. The molecule has 0 fully saturated rings. The van der Waals surface area contributed by atoms with Crippen LogP contribution < -0.4 is 19.6 Å². The van der Waals surface area contributed by atoms with E-state index in [1.807, 2.05) is 72.8 Å². The number of imide groups is 4. The van der Waals surface area contributed by atoms with Crippen LogP contribution in [-0.4, -0.2) is 62.0 Å². The summed E-state index contributed by atoms with van der Waals surface area (Å²) in [5, 5.41) is 14.1. The first-order valence-electron chi connectivity index (χ1n) is 27.7. The van der Waals surface area contributed by atoms with Crippen molar-refractivity contribution >= 4 is 124 Å². The van der Waals surface area contributed by atoms with E-state index in [1.54, 1.807) is 103 Å². The fourth-order valence-corrected chi connectivity index (χ4v) is 13.4. The monoisotopic (exact) mass is 1120 g/mol. The van der Waals surface area contributed by atoms with Crippen LogP contribution in [0.4, 0.5) is 23.1 Å². The number of hydrogen-bond acceptors (Lipinski definition) is 11. The smallest absolute Gasteiger partial charge is 0.332 e. The van der Waals surface area contributed by atoms with Gasteiger partial charge in [-0.2, -0.15) is 4.90 Å². The highest BCUT2D eigenvalue weighted by Crippen LogP contribution is 2.47. The number of para-hydroxylation sites is 1. The molecule has 2 aromatic heterocycles. The largest absolute Gasteiger partial charge is 0.403 e. The van der Waals surface area contributed by atoms with Gasteiger partial charge in [0.1, 0.15) is 0 Å². The number of fused-ring (bicyclic) bond motifs is 7. The van der Waals surface area contributed by atoms with E-state index >= 15 is 0 Å². The van der Waals surface area contributed by atoms with Gasteiger partial charge in [0, 0.05) is 44.7 Å². The zero-order chi connectivity index (χ0) is 58.1. The molecular formula is C70H37N7O9. The molecule has 8 amide bonds. The fourth-order valence-electron chi connectivity index (χ4n) is 13.4. The van der Waals surface area contributed by atoms with Gasteiger partial charge in [0.2, 0.25) is 5.89 Å². The van der Waals surface area contributed by atoms with Gasteiger partial charge in [-0.05, 0) is 136 Å². The van der Waals surface area contributed by atoms with E-state index in [1.165, 1.54) is 17.0 Å². The summed E-state index contributed by atoms with van der Waals surface area (Å²) in [6.07, 6.45) is 0. The van der Waals surface area contributed by atoms with E-state index < -0.39 is 47.3 Å². The summed E-state index contributed by atoms with van der Waals surface area (Å²) in [5.41, 5.74) is 6.49. The van der Waals surface area contributed by atoms with Crippen molar-refractivity contribution in [1.82, 2.24) is 14.8 Å². The molecule has 16 heteroatoms. The molecule has 0 saturated carbocycles. The van der Waals surface area contributed by atoms with Crippen LogP contribution in [0.3, 0.4) is 0 Å². The van der Waals surface area contributed by atoms with E-state index in [2.05, 4.69) is 27.8 Å². The first-order valence-corrected chi connectivity index (χ1v) is 27.7. The normalized spacial score (nSPS) is 14.7. The number of carbonyl (C=O) groups excluding carboxylic acids is 8. The minimum atomic E-state index is -0.693. The first kappa shape index (κ1) is 48.6. The van der Waals surface area contributed by atoms with Gasteiger partial charge in [-0.15, -0.1) is 5.10 Å². The van der Waals surface area contributed by atoms with Crippen LogP contribution in [0, 0.1) is 0 Å².